The Morgan fingerprint density at radius 3 is 1.59 bits per heavy atom. The molecule has 0 aliphatic heterocycles. The molecule has 0 saturated carbocycles. The van der Waals surface area contributed by atoms with E-state index in [-0.39, 0.29) is 49.8 Å². The fourth-order valence-electron chi connectivity index (χ4n) is 6.88. The van der Waals surface area contributed by atoms with E-state index in [1.54, 1.807) is 18.2 Å². The Labute approximate surface area is 309 Å². The second-order valence-electron chi connectivity index (χ2n) is 11.4. The molecule has 1 heterocycles. The van der Waals surface area contributed by atoms with Crippen molar-refractivity contribution in [2.75, 3.05) is 0 Å². The Hall–Kier alpha value is -6.44. The molecule has 0 radical (unpaired) electrons. The first-order valence-electron chi connectivity index (χ1n) is 24.4. The van der Waals surface area contributed by atoms with Crippen molar-refractivity contribution in [3.05, 3.63) is 182 Å². The Morgan fingerprint density at radius 1 is 0.347 bits per heavy atom. The number of furan rings is 1. The van der Waals surface area contributed by atoms with E-state index in [0.717, 1.165) is 16.2 Å². The lowest BCUT2D eigenvalue weighted by Crippen LogP contribution is -1.92. The van der Waals surface area contributed by atoms with Gasteiger partial charge in [0.15, 0.2) is 0 Å². The Balaban J connectivity index is 1.53. The molecule has 0 amide bonds. The average molecular weight is 641 g/mol. The van der Waals surface area contributed by atoms with E-state index < -0.39 is 131 Å². The van der Waals surface area contributed by atoms with Gasteiger partial charge in [-0.05, 0) is 59.8 Å². The summed E-state index contributed by atoms with van der Waals surface area (Å²) in [4.78, 5) is 0. The van der Waals surface area contributed by atoms with Crippen LogP contribution in [0.3, 0.4) is 0 Å². The monoisotopic (exact) mass is 640 g/mol. The smallest absolute Gasteiger partial charge is 0.143 e. The van der Waals surface area contributed by atoms with Gasteiger partial charge >= 0.3 is 0 Å². The Morgan fingerprint density at radius 2 is 0.898 bits per heavy atom. The Bertz CT molecular complexity index is 3770. The van der Waals surface area contributed by atoms with E-state index in [9.17, 15) is 5.48 Å². The third-order valence-electron chi connectivity index (χ3n) is 8.89. The lowest BCUT2D eigenvalue weighted by Gasteiger charge is -2.18. The molecule has 0 atom stereocenters. The molecule has 10 aromatic rings. The van der Waals surface area contributed by atoms with Gasteiger partial charge in [-0.2, -0.15) is 0 Å². The van der Waals surface area contributed by atoms with Crippen LogP contribution in [-0.2, 0) is 0 Å². The van der Waals surface area contributed by atoms with E-state index in [2.05, 4.69) is 0 Å². The first-order valence-corrected chi connectivity index (χ1v) is 15.4. The van der Waals surface area contributed by atoms with Gasteiger partial charge in [0.05, 0.1) is 24.7 Å². The molecule has 0 unspecified atom stereocenters. The summed E-state index contributed by atoms with van der Waals surface area (Å²) in [6.45, 7) is 0. The van der Waals surface area contributed by atoms with Crippen molar-refractivity contribution < 1.29 is 29.1 Å². The van der Waals surface area contributed by atoms with Crippen molar-refractivity contribution >= 4 is 54.1 Å². The third-order valence-corrected chi connectivity index (χ3v) is 8.89. The molecule has 1 nitrogen and oxygen atoms in total. The number of rotatable bonds is 4. The molecular weight excluding hydrogens is 593 g/mol. The highest BCUT2D eigenvalue weighted by Gasteiger charge is 2.26. The van der Waals surface area contributed by atoms with Crippen LogP contribution < -0.4 is 0 Å². The van der Waals surface area contributed by atoms with Gasteiger partial charge in [0.1, 0.15) is 11.3 Å². The van der Waals surface area contributed by atoms with Gasteiger partial charge in [-0.1, -0.05) is 182 Å². The molecular formula is C48H30O. The first-order chi connectivity index (χ1) is 31.8. The van der Waals surface area contributed by atoms with Crippen LogP contribution in [0.5, 0.6) is 0 Å². The van der Waals surface area contributed by atoms with Gasteiger partial charge in [0.25, 0.3) is 0 Å². The van der Waals surface area contributed by atoms with E-state index in [4.69, 9.17) is 23.6 Å². The van der Waals surface area contributed by atoms with E-state index in [0.29, 0.717) is 10.9 Å². The van der Waals surface area contributed by atoms with Crippen LogP contribution in [-0.4, -0.2) is 0 Å². The summed E-state index contributed by atoms with van der Waals surface area (Å²) < 4.78 is 168. The molecule has 228 valence electrons. The standard InChI is InChI=1S/C48H30O/c1-3-15-31(16-4-1)35-25-13-28-43-46(48(49-47(35)43)42-27-14-26-36-34-20-8-7-17-32(34)29-30-37(36)42)45-40-23-11-9-21-38(40)44(33-18-5-2-6-19-33)39-22-10-12-24-41(39)45/h1-30H/i1D,2D,3D,4D,5D,6D,9D,10D,11D,12D,15D,16D,18D,19D,21D,22D,23D,24D. The molecule has 0 spiro atoms. The van der Waals surface area contributed by atoms with Crippen LogP contribution in [0.1, 0.15) is 24.7 Å². The number of hydrogen-bond donors (Lipinski definition) is 0. The zero-order valence-electron chi connectivity index (χ0n) is 43.3. The molecule has 0 N–H and O–H groups in total. The SMILES string of the molecule is [2H]c1c([2H])c([2H])c(-c2cccc3c(-c4c5c([2H])c([2H])c([2H])c([2H])c5c(-c5c([2H])c([2H])c([2H])c([2H])c5[2H])c5c([2H])c([2H])c([2H])c([2H])c45)c(-c4cccc5c4ccc4ccccc45)oc23)c([2H])c1[2H]. The number of fused-ring (bicyclic) bond motifs is 6. The van der Waals surface area contributed by atoms with Crippen LogP contribution in [0.2, 0.25) is 0 Å². The highest BCUT2D eigenvalue weighted by molar-refractivity contribution is 6.26. The third kappa shape index (κ3) is 4.26. The maximum Gasteiger partial charge on any atom is 0.143 e. The van der Waals surface area contributed by atoms with Crippen molar-refractivity contribution in [3.8, 4) is 44.7 Å². The molecule has 9 aromatic carbocycles. The molecule has 0 saturated heterocycles. The molecule has 10 rings (SSSR count). The molecule has 0 fully saturated rings. The maximum absolute atomic E-state index is 9.63. The minimum Gasteiger partial charge on any atom is -0.455 e. The molecule has 0 bridgehead atoms. The predicted molar refractivity (Wildman–Crippen MR) is 208 cm³/mol. The summed E-state index contributed by atoms with van der Waals surface area (Å²) >= 11 is 0. The lowest BCUT2D eigenvalue weighted by molar-refractivity contribution is 0.634. The number of hydrogen-bond acceptors (Lipinski definition) is 1. The minimum atomic E-state index is -0.796. The lowest BCUT2D eigenvalue weighted by atomic mass is 9.84. The van der Waals surface area contributed by atoms with E-state index in [1.165, 1.54) is 12.1 Å². The largest absolute Gasteiger partial charge is 0.455 e. The second-order valence-corrected chi connectivity index (χ2v) is 11.4. The number of para-hydroxylation sites is 1. The Kier molecular flexibility index (Phi) is 3.43. The van der Waals surface area contributed by atoms with Crippen LogP contribution in [0, 0.1) is 0 Å². The van der Waals surface area contributed by atoms with Crippen LogP contribution >= 0.6 is 0 Å². The van der Waals surface area contributed by atoms with Gasteiger partial charge in [-0.3, -0.25) is 0 Å². The van der Waals surface area contributed by atoms with Gasteiger partial charge in [0.2, 0.25) is 0 Å². The normalized spacial score (nSPS) is 16.8. The zero-order valence-corrected chi connectivity index (χ0v) is 25.3. The second kappa shape index (κ2) is 11.1. The first kappa shape index (κ1) is 15.2. The van der Waals surface area contributed by atoms with Gasteiger partial charge in [0, 0.05) is 27.6 Å². The van der Waals surface area contributed by atoms with Crippen molar-refractivity contribution in [2.24, 2.45) is 0 Å². The summed E-state index contributed by atoms with van der Waals surface area (Å²) in [6.07, 6.45) is 0. The average Bonchev–Trinajstić information content (AvgIpc) is 3.72. The zero-order chi connectivity index (χ0) is 48.0. The summed E-state index contributed by atoms with van der Waals surface area (Å²) in [5, 5.41) is 1.80. The van der Waals surface area contributed by atoms with Crippen LogP contribution in [0.4, 0.5) is 0 Å². The van der Waals surface area contributed by atoms with Crippen LogP contribution in [0.25, 0.3) is 98.8 Å². The summed E-state index contributed by atoms with van der Waals surface area (Å²) in [7, 11) is 0. The van der Waals surface area contributed by atoms with Crippen LogP contribution in [0.15, 0.2) is 186 Å². The van der Waals surface area contributed by atoms with Gasteiger partial charge < -0.3 is 4.42 Å². The minimum absolute atomic E-state index is 0.00804. The van der Waals surface area contributed by atoms with Crippen molar-refractivity contribution in [1.82, 2.24) is 0 Å². The van der Waals surface area contributed by atoms with E-state index >= 15 is 0 Å². The van der Waals surface area contributed by atoms with Crippen molar-refractivity contribution in [2.45, 2.75) is 0 Å². The molecule has 0 aliphatic carbocycles. The fraction of sp³-hybridized carbons (Fsp3) is 0. The van der Waals surface area contributed by atoms with Crippen molar-refractivity contribution in [3.63, 3.8) is 0 Å². The summed E-state index contributed by atoms with van der Waals surface area (Å²) in [6, 6.07) is 8.60. The van der Waals surface area contributed by atoms with Crippen molar-refractivity contribution in [1.29, 1.82) is 0 Å². The number of benzene rings is 9. The maximum atomic E-state index is 9.63. The highest BCUT2D eigenvalue weighted by Crippen LogP contribution is 2.51. The van der Waals surface area contributed by atoms with Gasteiger partial charge in [-0.15, -0.1) is 0 Å². The van der Waals surface area contributed by atoms with Gasteiger partial charge in [-0.25, -0.2) is 0 Å². The molecule has 1 heteroatoms. The fourth-order valence-corrected chi connectivity index (χ4v) is 6.88. The predicted octanol–water partition coefficient (Wildman–Crippen LogP) is 13.7. The van der Waals surface area contributed by atoms with E-state index in [1.807, 2.05) is 42.5 Å². The quantitative estimate of drug-likeness (QED) is 0.138. The topological polar surface area (TPSA) is 13.1 Å². The summed E-state index contributed by atoms with van der Waals surface area (Å²) in [5.41, 5.74) is -0.990. The molecule has 49 heavy (non-hydrogen) atoms. The highest BCUT2D eigenvalue weighted by atomic mass is 16.3. The summed E-state index contributed by atoms with van der Waals surface area (Å²) in [5.74, 6) is 0.00804. The molecule has 1 aromatic heterocycles. The molecule has 0 aliphatic rings.